The number of alkyl halides is 6. The number of carboxylic acid groups (broad SMARTS) is 2. The SMILES string of the molecule is O=C(O)C(F)(F)F.O=C(O)C(F)(F)F.c1ccc(CO[C@@H]2CN(Cc3ccsc3)[C@@H]3CCCO[C@@H]32)nc1. The fourth-order valence-electron chi connectivity index (χ4n) is 3.63. The molecule has 2 saturated heterocycles. The summed E-state index contributed by atoms with van der Waals surface area (Å²) in [5.74, 6) is -5.51. The van der Waals surface area contributed by atoms with Crippen molar-refractivity contribution in [3.63, 3.8) is 0 Å². The Hall–Kier alpha value is -2.75. The van der Waals surface area contributed by atoms with Gasteiger partial charge in [-0.2, -0.15) is 37.7 Å². The van der Waals surface area contributed by atoms with Crippen molar-refractivity contribution in [1.82, 2.24) is 9.88 Å². The van der Waals surface area contributed by atoms with E-state index in [1.807, 2.05) is 24.4 Å². The number of nitrogens with zero attached hydrogens (tertiary/aromatic N) is 2. The molecule has 3 atom stereocenters. The summed E-state index contributed by atoms with van der Waals surface area (Å²) < 4.78 is 75.7. The van der Waals surface area contributed by atoms with Crippen LogP contribution in [-0.4, -0.2) is 75.8 Å². The molecule has 2 aliphatic rings. The van der Waals surface area contributed by atoms with E-state index in [2.05, 4.69) is 26.7 Å². The summed E-state index contributed by atoms with van der Waals surface area (Å²) in [6.45, 7) is 3.36. The monoisotopic (exact) mass is 558 g/mol. The van der Waals surface area contributed by atoms with Crippen molar-refractivity contribution in [2.45, 2.75) is 56.6 Å². The van der Waals surface area contributed by atoms with Crippen molar-refractivity contribution >= 4 is 23.3 Å². The van der Waals surface area contributed by atoms with Gasteiger partial charge >= 0.3 is 24.3 Å². The lowest BCUT2D eigenvalue weighted by molar-refractivity contribution is -0.193. The summed E-state index contributed by atoms with van der Waals surface area (Å²) in [7, 11) is 0. The van der Waals surface area contributed by atoms with Crippen LogP contribution in [0.4, 0.5) is 26.3 Å². The molecule has 0 aromatic carbocycles. The molecule has 0 amide bonds. The van der Waals surface area contributed by atoms with Gasteiger partial charge in [0, 0.05) is 31.9 Å². The van der Waals surface area contributed by atoms with Crippen molar-refractivity contribution in [3.8, 4) is 0 Å². The van der Waals surface area contributed by atoms with Crippen LogP contribution >= 0.6 is 11.3 Å². The maximum absolute atomic E-state index is 10.6. The lowest BCUT2D eigenvalue weighted by atomic mass is 10.0. The minimum absolute atomic E-state index is 0.140. The van der Waals surface area contributed by atoms with Gasteiger partial charge in [-0.1, -0.05) is 6.07 Å². The first-order valence-electron chi connectivity index (χ1n) is 10.8. The van der Waals surface area contributed by atoms with Crippen LogP contribution in [0.3, 0.4) is 0 Å². The van der Waals surface area contributed by atoms with Crippen LogP contribution in [0.25, 0.3) is 0 Å². The van der Waals surface area contributed by atoms with Gasteiger partial charge in [0.2, 0.25) is 0 Å². The van der Waals surface area contributed by atoms with Crippen LogP contribution < -0.4 is 0 Å². The van der Waals surface area contributed by atoms with Gasteiger partial charge in [0.25, 0.3) is 0 Å². The highest BCUT2D eigenvalue weighted by Crippen LogP contribution is 2.32. The minimum atomic E-state index is -5.08. The number of aromatic nitrogens is 1. The van der Waals surface area contributed by atoms with Crippen LogP contribution in [0, 0.1) is 0 Å². The Labute approximate surface area is 211 Å². The molecule has 0 spiro atoms. The quantitative estimate of drug-likeness (QED) is 0.522. The Morgan fingerprint density at radius 2 is 1.76 bits per heavy atom. The lowest BCUT2D eigenvalue weighted by Crippen LogP contribution is -2.41. The van der Waals surface area contributed by atoms with Crippen molar-refractivity contribution < 1.29 is 55.6 Å². The number of halogens is 6. The van der Waals surface area contributed by atoms with Gasteiger partial charge in [0.05, 0.1) is 18.4 Å². The molecule has 4 heterocycles. The molecule has 2 aromatic heterocycles. The minimum Gasteiger partial charge on any atom is -0.475 e. The molecule has 0 unspecified atom stereocenters. The molecule has 206 valence electrons. The van der Waals surface area contributed by atoms with Crippen LogP contribution in [0.5, 0.6) is 0 Å². The molecule has 2 fully saturated rings. The summed E-state index contributed by atoms with van der Waals surface area (Å²) in [4.78, 5) is 24.7. The largest absolute Gasteiger partial charge is 0.490 e. The zero-order valence-corrected chi connectivity index (χ0v) is 19.9. The number of carbonyl (C=O) groups is 2. The second-order valence-corrected chi connectivity index (χ2v) is 8.66. The second-order valence-electron chi connectivity index (χ2n) is 7.88. The lowest BCUT2D eigenvalue weighted by Gasteiger charge is -2.32. The summed E-state index contributed by atoms with van der Waals surface area (Å²) in [6.07, 6.45) is -5.66. The first-order valence-corrected chi connectivity index (χ1v) is 11.7. The molecule has 0 bridgehead atoms. The molecule has 0 aliphatic carbocycles. The number of pyridine rings is 1. The van der Waals surface area contributed by atoms with Crippen molar-refractivity contribution in [2.75, 3.05) is 13.2 Å². The molecule has 8 nitrogen and oxygen atoms in total. The Kier molecular flexibility index (Phi) is 11.3. The van der Waals surface area contributed by atoms with Gasteiger partial charge in [-0.25, -0.2) is 9.59 Å². The first kappa shape index (κ1) is 30.5. The summed E-state index contributed by atoms with van der Waals surface area (Å²) in [5.41, 5.74) is 2.38. The number of fused-ring (bicyclic) bond motifs is 1. The van der Waals surface area contributed by atoms with Gasteiger partial charge in [-0.05, 0) is 47.4 Å². The molecule has 2 aromatic rings. The number of thiophene rings is 1. The topological polar surface area (TPSA) is 109 Å². The molecule has 2 N–H and O–H groups in total. The molecule has 0 radical (unpaired) electrons. The highest BCUT2D eigenvalue weighted by atomic mass is 32.1. The van der Waals surface area contributed by atoms with Gasteiger partial charge < -0.3 is 19.7 Å². The average Bonchev–Trinajstić information content (AvgIpc) is 3.46. The second kappa shape index (κ2) is 13.7. The third-order valence-corrected chi connectivity index (χ3v) is 5.94. The van der Waals surface area contributed by atoms with E-state index < -0.39 is 24.3 Å². The van der Waals surface area contributed by atoms with Gasteiger partial charge in [-0.3, -0.25) is 9.88 Å². The van der Waals surface area contributed by atoms with E-state index in [1.165, 1.54) is 12.0 Å². The Balaban J connectivity index is 0.000000286. The average molecular weight is 558 g/mol. The Morgan fingerprint density at radius 3 is 2.27 bits per heavy atom. The number of rotatable bonds is 5. The van der Waals surface area contributed by atoms with Crippen molar-refractivity contribution in [2.24, 2.45) is 0 Å². The number of ether oxygens (including phenoxy) is 2. The first-order chi connectivity index (χ1) is 17.3. The van der Waals surface area contributed by atoms with E-state index in [-0.39, 0.29) is 12.2 Å². The van der Waals surface area contributed by atoms with Crippen molar-refractivity contribution in [1.29, 1.82) is 0 Å². The van der Waals surface area contributed by atoms with E-state index >= 15 is 0 Å². The zero-order chi connectivity index (χ0) is 27.6. The maximum Gasteiger partial charge on any atom is 0.490 e. The number of carboxylic acids is 2. The maximum atomic E-state index is 10.6. The van der Waals surface area contributed by atoms with Crippen LogP contribution in [0.15, 0.2) is 41.2 Å². The highest BCUT2D eigenvalue weighted by molar-refractivity contribution is 7.07. The molecule has 37 heavy (non-hydrogen) atoms. The van der Waals surface area contributed by atoms with E-state index in [9.17, 15) is 26.3 Å². The predicted octanol–water partition coefficient (Wildman–Crippen LogP) is 4.36. The van der Waals surface area contributed by atoms with E-state index in [1.54, 1.807) is 11.3 Å². The fourth-order valence-corrected chi connectivity index (χ4v) is 4.29. The normalized spacial score (nSPS) is 21.6. The number of likely N-dealkylation sites (tertiary alicyclic amines) is 1. The van der Waals surface area contributed by atoms with Crippen LogP contribution in [0.1, 0.15) is 24.1 Å². The van der Waals surface area contributed by atoms with Crippen LogP contribution in [-0.2, 0) is 32.2 Å². The molecule has 2 aliphatic heterocycles. The Morgan fingerprint density at radius 1 is 1.11 bits per heavy atom. The predicted molar refractivity (Wildman–Crippen MR) is 118 cm³/mol. The van der Waals surface area contributed by atoms with E-state index in [0.29, 0.717) is 12.6 Å². The van der Waals surface area contributed by atoms with E-state index in [0.717, 1.165) is 31.8 Å². The molecule has 15 heteroatoms. The summed E-state index contributed by atoms with van der Waals surface area (Å²) in [5, 5.41) is 18.6. The van der Waals surface area contributed by atoms with Gasteiger partial charge in [-0.15, -0.1) is 0 Å². The summed E-state index contributed by atoms with van der Waals surface area (Å²) >= 11 is 1.76. The molecular formula is C22H24F6N2O6S. The van der Waals surface area contributed by atoms with Gasteiger partial charge in [0.15, 0.2) is 0 Å². The number of hydrogen-bond donors (Lipinski definition) is 2. The molecule has 4 rings (SSSR count). The molecule has 0 saturated carbocycles. The molecular weight excluding hydrogens is 534 g/mol. The third-order valence-electron chi connectivity index (χ3n) is 5.21. The van der Waals surface area contributed by atoms with Crippen molar-refractivity contribution in [3.05, 3.63) is 52.5 Å². The number of hydrogen-bond acceptors (Lipinski definition) is 7. The highest BCUT2D eigenvalue weighted by Gasteiger charge is 2.44. The zero-order valence-electron chi connectivity index (χ0n) is 19.1. The third kappa shape index (κ3) is 10.3. The smallest absolute Gasteiger partial charge is 0.475 e. The number of aliphatic carboxylic acids is 2. The van der Waals surface area contributed by atoms with Gasteiger partial charge in [0.1, 0.15) is 6.10 Å². The van der Waals surface area contributed by atoms with E-state index in [4.69, 9.17) is 29.3 Å². The van der Waals surface area contributed by atoms with Crippen LogP contribution in [0.2, 0.25) is 0 Å². The fraction of sp³-hybridized carbons (Fsp3) is 0.500. The Bertz CT molecular complexity index is 950. The standard InChI is InChI=1S/C18H22N2O2S.2C2HF3O2/c1-2-7-19-15(4-1)12-22-17-11-20(10-14-6-9-23-13-14)16-5-3-8-21-18(16)17;2*3-2(4,5)1(6)7/h1-2,4,6-7,9,13,16-18H,3,5,8,10-12H2;2*(H,6,7)/t16-,17-,18+;;/m1../s1. The summed E-state index contributed by atoms with van der Waals surface area (Å²) in [6, 6.07) is 8.64.